The van der Waals surface area contributed by atoms with E-state index in [4.69, 9.17) is 17.3 Å². The van der Waals surface area contributed by atoms with Crippen molar-refractivity contribution in [3.8, 4) is 0 Å². The van der Waals surface area contributed by atoms with E-state index in [9.17, 15) is 0 Å². The summed E-state index contributed by atoms with van der Waals surface area (Å²) in [6.07, 6.45) is 0. The van der Waals surface area contributed by atoms with Crippen LogP contribution in [0.15, 0.2) is 18.2 Å². The van der Waals surface area contributed by atoms with Gasteiger partial charge in [-0.2, -0.15) is 12.6 Å². The Kier molecular flexibility index (Phi) is 2.46. The topological polar surface area (TPSA) is 26.0 Å². The molecule has 1 rings (SSSR count). The van der Waals surface area contributed by atoms with Crippen molar-refractivity contribution < 1.29 is 0 Å². The molecule has 1 nitrogen and oxygen atoms in total. The molecular weight excluding hydrogens is 166 g/mol. The second kappa shape index (κ2) is 3.17. The highest BCUT2D eigenvalue weighted by atomic mass is 35.5. The Morgan fingerprint density at radius 2 is 2.20 bits per heavy atom. The molecule has 0 bridgehead atoms. The van der Waals surface area contributed by atoms with E-state index in [1.807, 2.05) is 12.1 Å². The molecule has 0 aromatic heterocycles. The first-order valence-electron chi connectivity index (χ1n) is 2.89. The van der Waals surface area contributed by atoms with Crippen LogP contribution < -0.4 is 5.73 Å². The summed E-state index contributed by atoms with van der Waals surface area (Å²) in [6.45, 7) is 0. The SMILES string of the molecule is Nc1cc(Cl)ccc1CS. The van der Waals surface area contributed by atoms with Crippen LogP contribution in [-0.2, 0) is 5.75 Å². The van der Waals surface area contributed by atoms with Crippen LogP contribution in [0.3, 0.4) is 0 Å². The van der Waals surface area contributed by atoms with Crippen molar-refractivity contribution in [2.45, 2.75) is 5.75 Å². The highest BCUT2D eigenvalue weighted by Gasteiger charge is 1.95. The molecular formula is C7H8ClNS. The molecule has 0 amide bonds. The molecule has 0 heterocycles. The maximum atomic E-state index is 5.67. The van der Waals surface area contributed by atoms with Gasteiger partial charge in [-0.3, -0.25) is 0 Å². The zero-order chi connectivity index (χ0) is 7.56. The summed E-state index contributed by atoms with van der Waals surface area (Å²) in [5, 5.41) is 0.669. The molecule has 0 radical (unpaired) electrons. The van der Waals surface area contributed by atoms with Crippen LogP contribution in [0.25, 0.3) is 0 Å². The lowest BCUT2D eigenvalue weighted by Gasteiger charge is -2.00. The summed E-state index contributed by atoms with van der Waals surface area (Å²) in [5.74, 6) is 0.656. The minimum Gasteiger partial charge on any atom is -0.398 e. The van der Waals surface area contributed by atoms with Crippen molar-refractivity contribution in [3.63, 3.8) is 0 Å². The molecule has 0 atom stereocenters. The van der Waals surface area contributed by atoms with E-state index in [1.54, 1.807) is 6.07 Å². The molecule has 0 fully saturated rings. The number of nitrogens with two attached hydrogens (primary N) is 1. The number of rotatable bonds is 1. The van der Waals surface area contributed by atoms with Crippen molar-refractivity contribution in [1.82, 2.24) is 0 Å². The third-order valence-electron chi connectivity index (χ3n) is 1.28. The van der Waals surface area contributed by atoms with Gasteiger partial charge in [-0.15, -0.1) is 0 Å². The van der Waals surface area contributed by atoms with Gasteiger partial charge in [0.15, 0.2) is 0 Å². The van der Waals surface area contributed by atoms with Crippen LogP contribution in [-0.4, -0.2) is 0 Å². The molecule has 1 aromatic rings. The van der Waals surface area contributed by atoms with E-state index in [2.05, 4.69) is 12.6 Å². The Balaban J connectivity index is 3.07. The summed E-state index contributed by atoms with van der Waals surface area (Å²) >= 11 is 9.76. The fourth-order valence-electron chi connectivity index (χ4n) is 0.710. The Labute approximate surface area is 70.6 Å². The van der Waals surface area contributed by atoms with Crippen LogP contribution >= 0.6 is 24.2 Å². The lowest BCUT2D eigenvalue weighted by Crippen LogP contribution is -1.90. The normalized spacial score (nSPS) is 9.80. The number of anilines is 1. The van der Waals surface area contributed by atoms with Gasteiger partial charge in [0, 0.05) is 16.5 Å². The first-order chi connectivity index (χ1) is 4.74. The van der Waals surface area contributed by atoms with E-state index >= 15 is 0 Å². The van der Waals surface area contributed by atoms with E-state index in [0.29, 0.717) is 16.5 Å². The second-order valence-corrected chi connectivity index (χ2v) is 2.75. The third-order valence-corrected chi connectivity index (χ3v) is 1.85. The molecule has 0 aliphatic rings. The van der Waals surface area contributed by atoms with Crippen molar-refractivity contribution in [1.29, 1.82) is 0 Å². The maximum absolute atomic E-state index is 5.67. The summed E-state index contributed by atoms with van der Waals surface area (Å²) in [5.41, 5.74) is 7.33. The predicted octanol–water partition coefficient (Wildman–Crippen LogP) is 2.35. The average molecular weight is 174 g/mol. The molecule has 10 heavy (non-hydrogen) atoms. The summed E-state index contributed by atoms with van der Waals surface area (Å²) in [4.78, 5) is 0. The lowest BCUT2D eigenvalue weighted by molar-refractivity contribution is 1.43. The van der Waals surface area contributed by atoms with Gasteiger partial charge in [0.2, 0.25) is 0 Å². The average Bonchev–Trinajstić information content (AvgIpc) is 1.88. The molecule has 0 saturated carbocycles. The molecule has 0 unspecified atom stereocenters. The van der Waals surface area contributed by atoms with E-state index < -0.39 is 0 Å². The zero-order valence-electron chi connectivity index (χ0n) is 5.34. The molecule has 54 valence electrons. The van der Waals surface area contributed by atoms with E-state index in [-0.39, 0.29) is 0 Å². The van der Waals surface area contributed by atoms with Crippen molar-refractivity contribution in [3.05, 3.63) is 28.8 Å². The molecule has 0 aliphatic carbocycles. The molecule has 1 aromatic carbocycles. The van der Waals surface area contributed by atoms with Gasteiger partial charge >= 0.3 is 0 Å². The number of hydrogen-bond donors (Lipinski definition) is 2. The molecule has 0 aliphatic heterocycles. The highest BCUT2D eigenvalue weighted by molar-refractivity contribution is 7.79. The molecule has 0 saturated heterocycles. The third kappa shape index (κ3) is 1.58. The van der Waals surface area contributed by atoms with Crippen LogP contribution in [0.2, 0.25) is 5.02 Å². The molecule has 3 heteroatoms. The highest BCUT2D eigenvalue weighted by Crippen LogP contribution is 2.18. The van der Waals surface area contributed by atoms with Gasteiger partial charge in [0.05, 0.1) is 0 Å². The van der Waals surface area contributed by atoms with Crippen LogP contribution in [0, 0.1) is 0 Å². The second-order valence-electron chi connectivity index (χ2n) is 2.00. The Bertz CT molecular complexity index is 237. The Morgan fingerprint density at radius 1 is 1.50 bits per heavy atom. The number of thiol groups is 1. The van der Waals surface area contributed by atoms with Crippen LogP contribution in [0.4, 0.5) is 5.69 Å². The Morgan fingerprint density at radius 3 is 2.70 bits per heavy atom. The maximum Gasteiger partial charge on any atom is 0.0426 e. The largest absolute Gasteiger partial charge is 0.398 e. The van der Waals surface area contributed by atoms with Gasteiger partial charge < -0.3 is 5.73 Å². The van der Waals surface area contributed by atoms with Gasteiger partial charge in [0.25, 0.3) is 0 Å². The molecule has 2 N–H and O–H groups in total. The quantitative estimate of drug-likeness (QED) is 0.495. The molecule has 0 spiro atoms. The fourth-order valence-corrected chi connectivity index (χ4v) is 1.18. The minimum atomic E-state index is 0.656. The van der Waals surface area contributed by atoms with Gasteiger partial charge in [-0.05, 0) is 17.7 Å². The number of hydrogen-bond acceptors (Lipinski definition) is 2. The van der Waals surface area contributed by atoms with Crippen LogP contribution in [0.1, 0.15) is 5.56 Å². The fraction of sp³-hybridized carbons (Fsp3) is 0.143. The van der Waals surface area contributed by atoms with Gasteiger partial charge in [-0.25, -0.2) is 0 Å². The van der Waals surface area contributed by atoms with Gasteiger partial charge in [-0.1, -0.05) is 17.7 Å². The van der Waals surface area contributed by atoms with Crippen LogP contribution in [0.5, 0.6) is 0 Å². The summed E-state index contributed by atoms with van der Waals surface area (Å²) < 4.78 is 0. The van der Waals surface area contributed by atoms with E-state index in [1.165, 1.54) is 0 Å². The predicted molar refractivity (Wildman–Crippen MR) is 48.6 cm³/mol. The standard InChI is InChI=1S/C7H8ClNS/c8-6-2-1-5(4-10)7(9)3-6/h1-3,10H,4,9H2. The zero-order valence-corrected chi connectivity index (χ0v) is 6.99. The summed E-state index contributed by atoms with van der Waals surface area (Å²) in [6, 6.07) is 5.42. The van der Waals surface area contributed by atoms with Crippen molar-refractivity contribution in [2.75, 3.05) is 5.73 Å². The monoisotopic (exact) mass is 173 g/mol. The first-order valence-corrected chi connectivity index (χ1v) is 3.90. The summed E-state index contributed by atoms with van der Waals surface area (Å²) in [7, 11) is 0. The minimum absolute atomic E-state index is 0.656. The smallest absolute Gasteiger partial charge is 0.0426 e. The Hall–Kier alpha value is -0.340. The lowest BCUT2D eigenvalue weighted by atomic mass is 10.2. The number of benzene rings is 1. The van der Waals surface area contributed by atoms with E-state index in [0.717, 1.165) is 5.56 Å². The first kappa shape index (κ1) is 7.76. The van der Waals surface area contributed by atoms with Crippen molar-refractivity contribution >= 4 is 29.9 Å². The van der Waals surface area contributed by atoms with Gasteiger partial charge in [0.1, 0.15) is 0 Å². The van der Waals surface area contributed by atoms with Crippen molar-refractivity contribution in [2.24, 2.45) is 0 Å². The number of halogens is 1. The number of nitrogen functional groups attached to an aromatic ring is 1.